The third kappa shape index (κ3) is 7.39. The first kappa shape index (κ1) is 17.1. The maximum atomic E-state index is 2.34. The standard InChI is InChI=1S/C7H14S.C5H10S2.CH4/c1-7(2)5-3-4-6-8-7;1-5(2)6-3-4-7-5;/h3-6H2,1-2H3;3-4H2,1-2H3;1H4. The SMILES string of the molecule is C.CC1(C)CCCCS1.CC1(C)SCCS1. The van der Waals surface area contributed by atoms with Crippen LogP contribution < -0.4 is 0 Å². The molecule has 2 aliphatic rings. The van der Waals surface area contributed by atoms with Crippen LogP contribution in [0.15, 0.2) is 0 Å². The smallest absolute Gasteiger partial charge is 0.0555 e. The van der Waals surface area contributed by atoms with Gasteiger partial charge in [-0.15, -0.1) is 23.5 Å². The van der Waals surface area contributed by atoms with E-state index in [-0.39, 0.29) is 7.43 Å². The third-order valence-electron chi connectivity index (χ3n) is 2.65. The van der Waals surface area contributed by atoms with Gasteiger partial charge in [-0.1, -0.05) is 27.7 Å². The zero-order valence-electron chi connectivity index (χ0n) is 10.5. The van der Waals surface area contributed by atoms with Gasteiger partial charge >= 0.3 is 0 Å². The van der Waals surface area contributed by atoms with Crippen LogP contribution in [0.4, 0.5) is 0 Å². The number of hydrogen-bond donors (Lipinski definition) is 0. The Hall–Kier alpha value is 1.05. The lowest BCUT2D eigenvalue weighted by molar-refractivity contribution is 0.574. The maximum absolute atomic E-state index is 2.34. The molecule has 2 heterocycles. The summed E-state index contributed by atoms with van der Waals surface area (Å²) in [7, 11) is 0. The van der Waals surface area contributed by atoms with Gasteiger partial charge in [0.2, 0.25) is 0 Å². The summed E-state index contributed by atoms with van der Waals surface area (Å²) >= 11 is 6.25. The second kappa shape index (κ2) is 7.48. The van der Waals surface area contributed by atoms with E-state index in [1.807, 2.05) is 0 Å². The van der Waals surface area contributed by atoms with Gasteiger partial charge < -0.3 is 0 Å². The second-order valence-electron chi connectivity index (χ2n) is 5.16. The topological polar surface area (TPSA) is 0 Å². The number of hydrogen-bond acceptors (Lipinski definition) is 3. The Kier molecular flexibility index (Phi) is 7.97. The zero-order valence-corrected chi connectivity index (χ0v) is 12.9. The molecule has 2 rings (SSSR count). The van der Waals surface area contributed by atoms with E-state index in [1.54, 1.807) is 0 Å². The zero-order chi connectivity index (χ0) is 11.4. The van der Waals surface area contributed by atoms with Crippen LogP contribution in [0.1, 0.15) is 54.4 Å². The number of thioether (sulfide) groups is 3. The van der Waals surface area contributed by atoms with Crippen molar-refractivity contribution in [2.75, 3.05) is 17.3 Å². The Morgan fingerprint density at radius 2 is 1.31 bits per heavy atom. The van der Waals surface area contributed by atoms with Crippen molar-refractivity contribution in [1.29, 1.82) is 0 Å². The van der Waals surface area contributed by atoms with E-state index in [1.165, 1.54) is 36.5 Å². The summed E-state index contributed by atoms with van der Waals surface area (Å²) in [5, 5.41) is 0. The Labute approximate surface area is 115 Å². The van der Waals surface area contributed by atoms with Crippen LogP contribution in [-0.2, 0) is 0 Å². The molecular weight excluding hydrogens is 252 g/mol. The summed E-state index contributed by atoms with van der Waals surface area (Å²) < 4.78 is 1.12. The van der Waals surface area contributed by atoms with Gasteiger partial charge in [-0.25, -0.2) is 0 Å². The Morgan fingerprint density at radius 1 is 0.750 bits per heavy atom. The minimum atomic E-state index is 0. The van der Waals surface area contributed by atoms with E-state index < -0.39 is 0 Å². The van der Waals surface area contributed by atoms with Crippen molar-refractivity contribution in [3.05, 3.63) is 0 Å². The minimum Gasteiger partial charge on any atom is -0.156 e. The fourth-order valence-electron chi connectivity index (χ4n) is 1.69. The first-order valence-corrected chi connectivity index (χ1v) is 8.79. The summed E-state index contributed by atoms with van der Waals surface area (Å²) in [5.74, 6) is 4.07. The minimum absolute atomic E-state index is 0. The van der Waals surface area contributed by atoms with Crippen LogP contribution in [-0.4, -0.2) is 26.1 Å². The molecular formula is C13H28S3. The van der Waals surface area contributed by atoms with Crippen molar-refractivity contribution >= 4 is 35.3 Å². The van der Waals surface area contributed by atoms with E-state index in [2.05, 4.69) is 63.0 Å². The molecule has 0 atom stereocenters. The molecule has 0 saturated carbocycles. The number of rotatable bonds is 0. The van der Waals surface area contributed by atoms with Crippen molar-refractivity contribution in [2.45, 2.75) is 63.2 Å². The fourth-order valence-corrected chi connectivity index (χ4v) is 5.36. The first-order valence-electron chi connectivity index (χ1n) is 5.83. The maximum Gasteiger partial charge on any atom is 0.0555 e. The highest BCUT2D eigenvalue weighted by molar-refractivity contribution is 8.21. The van der Waals surface area contributed by atoms with Gasteiger partial charge in [-0.05, 0) is 32.4 Å². The summed E-state index contributed by atoms with van der Waals surface area (Å²) in [5.41, 5.74) is 0. The molecule has 0 aromatic heterocycles. The van der Waals surface area contributed by atoms with E-state index in [0.29, 0.717) is 8.83 Å². The molecule has 3 heteroatoms. The van der Waals surface area contributed by atoms with Gasteiger partial charge in [0, 0.05) is 16.3 Å². The lowest BCUT2D eigenvalue weighted by atomic mass is 10.1. The molecule has 98 valence electrons. The van der Waals surface area contributed by atoms with Gasteiger partial charge in [0.15, 0.2) is 0 Å². The molecule has 0 radical (unpaired) electrons. The largest absolute Gasteiger partial charge is 0.156 e. The van der Waals surface area contributed by atoms with Gasteiger partial charge in [0.25, 0.3) is 0 Å². The van der Waals surface area contributed by atoms with Crippen LogP contribution in [0, 0.1) is 0 Å². The summed E-state index contributed by atoms with van der Waals surface area (Å²) in [6, 6.07) is 0. The molecule has 16 heavy (non-hydrogen) atoms. The summed E-state index contributed by atoms with van der Waals surface area (Å²) in [6.45, 7) is 9.26. The lowest BCUT2D eigenvalue weighted by Gasteiger charge is -2.28. The molecule has 0 spiro atoms. The highest BCUT2D eigenvalue weighted by atomic mass is 32.2. The molecule has 0 nitrogen and oxygen atoms in total. The highest BCUT2D eigenvalue weighted by Gasteiger charge is 2.23. The van der Waals surface area contributed by atoms with Crippen molar-refractivity contribution in [3.63, 3.8) is 0 Å². The molecule has 2 fully saturated rings. The van der Waals surface area contributed by atoms with Gasteiger partial charge in [0.05, 0.1) is 4.08 Å². The average molecular weight is 281 g/mol. The predicted octanol–water partition coefficient (Wildman–Crippen LogP) is 5.52. The van der Waals surface area contributed by atoms with Crippen molar-refractivity contribution in [3.8, 4) is 0 Å². The molecule has 2 aliphatic heterocycles. The highest BCUT2D eigenvalue weighted by Crippen LogP contribution is 2.42. The van der Waals surface area contributed by atoms with E-state index in [0.717, 1.165) is 0 Å². The van der Waals surface area contributed by atoms with Crippen molar-refractivity contribution in [2.24, 2.45) is 0 Å². The molecule has 0 N–H and O–H groups in total. The van der Waals surface area contributed by atoms with Crippen molar-refractivity contribution < 1.29 is 0 Å². The normalized spacial score (nSPS) is 26.2. The molecule has 0 aliphatic carbocycles. The Morgan fingerprint density at radius 3 is 1.50 bits per heavy atom. The van der Waals surface area contributed by atoms with E-state index in [9.17, 15) is 0 Å². The van der Waals surface area contributed by atoms with E-state index in [4.69, 9.17) is 0 Å². The molecule has 0 amide bonds. The molecule has 0 aromatic rings. The fraction of sp³-hybridized carbons (Fsp3) is 1.00. The van der Waals surface area contributed by atoms with Crippen LogP contribution in [0.3, 0.4) is 0 Å². The van der Waals surface area contributed by atoms with Crippen molar-refractivity contribution in [1.82, 2.24) is 0 Å². The van der Waals surface area contributed by atoms with Crippen LogP contribution in [0.5, 0.6) is 0 Å². The first-order chi connectivity index (χ1) is 6.91. The Bertz CT molecular complexity index is 172. The van der Waals surface area contributed by atoms with E-state index >= 15 is 0 Å². The third-order valence-corrected chi connectivity index (χ3v) is 7.30. The average Bonchev–Trinajstić information content (AvgIpc) is 2.51. The monoisotopic (exact) mass is 280 g/mol. The summed E-state index contributed by atoms with van der Waals surface area (Å²) in [6.07, 6.45) is 4.30. The second-order valence-corrected chi connectivity index (χ2v) is 10.7. The van der Waals surface area contributed by atoms with Gasteiger partial charge in [0.1, 0.15) is 0 Å². The lowest BCUT2D eigenvalue weighted by Crippen LogP contribution is -2.18. The molecule has 2 saturated heterocycles. The van der Waals surface area contributed by atoms with Crippen LogP contribution in [0.25, 0.3) is 0 Å². The molecule has 0 bridgehead atoms. The summed E-state index contributed by atoms with van der Waals surface area (Å²) in [4.78, 5) is 0. The van der Waals surface area contributed by atoms with Gasteiger partial charge in [-0.3, -0.25) is 0 Å². The Balaban J connectivity index is 0.000000267. The van der Waals surface area contributed by atoms with Crippen LogP contribution in [0.2, 0.25) is 0 Å². The quantitative estimate of drug-likeness (QED) is 0.573. The molecule has 0 unspecified atom stereocenters. The molecule has 0 aromatic carbocycles. The van der Waals surface area contributed by atoms with Crippen LogP contribution >= 0.6 is 35.3 Å². The predicted molar refractivity (Wildman–Crippen MR) is 86.1 cm³/mol. The van der Waals surface area contributed by atoms with Gasteiger partial charge in [-0.2, -0.15) is 11.8 Å².